The molecular weight excluding hydrogens is 259 g/mol. The molecule has 5 nitrogen and oxygen atoms in total. The van der Waals surface area contributed by atoms with E-state index in [-0.39, 0.29) is 36.6 Å². The summed E-state index contributed by atoms with van der Waals surface area (Å²) in [5.74, 6) is -1.88. The number of hydrogen-bond acceptors (Lipinski definition) is 3. The quantitative estimate of drug-likeness (QED) is 0.409. The molecular formula is C13H25NaO5. The van der Waals surface area contributed by atoms with Crippen molar-refractivity contribution in [1.29, 1.82) is 0 Å². The second-order valence-corrected chi connectivity index (χ2v) is 4.08. The van der Waals surface area contributed by atoms with E-state index < -0.39 is 18.4 Å². The van der Waals surface area contributed by atoms with Crippen LogP contribution in [0.2, 0.25) is 0 Å². The van der Waals surface area contributed by atoms with Crippen LogP contribution < -0.4 is 29.6 Å². The van der Waals surface area contributed by atoms with Crippen LogP contribution in [-0.2, 0) is 9.59 Å². The fourth-order valence-corrected chi connectivity index (χ4v) is 1.18. The zero-order chi connectivity index (χ0) is 14.6. The van der Waals surface area contributed by atoms with Crippen molar-refractivity contribution < 1.29 is 55.9 Å². The summed E-state index contributed by atoms with van der Waals surface area (Å²) >= 11 is 0. The zero-order valence-electron chi connectivity index (χ0n) is 13.2. The van der Waals surface area contributed by atoms with Crippen LogP contribution in [0.15, 0.2) is 12.2 Å². The van der Waals surface area contributed by atoms with Crippen molar-refractivity contribution in [1.82, 2.24) is 0 Å². The Morgan fingerprint density at radius 1 is 1.26 bits per heavy atom. The molecule has 0 heterocycles. The molecule has 0 aliphatic heterocycles. The molecule has 0 bridgehead atoms. The Hall–Kier alpha value is -0.360. The van der Waals surface area contributed by atoms with Gasteiger partial charge in [-0.1, -0.05) is 39.7 Å². The van der Waals surface area contributed by atoms with Gasteiger partial charge in [0.1, 0.15) is 0 Å². The van der Waals surface area contributed by atoms with Crippen LogP contribution in [0.5, 0.6) is 0 Å². The number of aliphatic hydroxyl groups is 1. The summed E-state index contributed by atoms with van der Waals surface area (Å²) in [4.78, 5) is 19.7. The molecule has 0 aromatic carbocycles. The van der Waals surface area contributed by atoms with E-state index in [0.29, 0.717) is 12.5 Å². The van der Waals surface area contributed by atoms with E-state index in [9.17, 15) is 9.59 Å². The number of unbranched alkanes of at least 4 members (excludes halogenated alkanes) is 1. The van der Waals surface area contributed by atoms with Gasteiger partial charge in [-0.2, -0.15) is 0 Å². The number of aliphatic carboxylic acids is 2. The van der Waals surface area contributed by atoms with Gasteiger partial charge in [-0.05, 0) is 12.3 Å². The smallest absolute Gasteiger partial charge is 1.00 e. The number of carboxylic acids is 2. The Balaban J connectivity index is -0.000000116. The number of aliphatic hydroxyl groups excluding tert-OH is 1. The van der Waals surface area contributed by atoms with Crippen LogP contribution in [0.25, 0.3) is 0 Å². The Labute approximate surface area is 138 Å². The summed E-state index contributed by atoms with van der Waals surface area (Å²) < 4.78 is 0. The molecule has 0 amide bonds. The van der Waals surface area contributed by atoms with Gasteiger partial charge in [0.15, 0.2) is 0 Å². The third-order valence-corrected chi connectivity index (χ3v) is 2.47. The van der Waals surface area contributed by atoms with Crippen molar-refractivity contribution in [3.05, 3.63) is 12.2 Å². The van der Waals surface area contributed by atoms with Gasteiger partial charge in [0, 0.05) is 12.2 Å². The summed E-state index contributed by atoms with van der Waals surface area (Å²) in [6, 6.07) is 0. The Kier molecular flexibility index (Phi) is 19.6. The molecule has 0 aromatic rings. The van der Waals surface area contributed by atoms with E-state index in [2.05, 4.69) is 20.4 Å². The minimum absolute atomic E-state index is 0. The van der Waals surface area contributed by atoms with Crippen molar-refractivity contribution in [3.63, 3.8) is 0 Å². The number of hydrogen-bond donors (Lipinski definition) is 3. The van der Waals surface area contributed by atoms with Crippen LogP contribution in [0.1, 0.15) is 47.4 Å². The van der Waals surface area contributed by atoms with Crippen molar-refractivity contribution >= 4 is 11.9 Å². The van der Waals surface area contributed by atoms with Gasteiger partial charge in [0.2, 0.25) is 0 Å². The molecule has 0 aromatic heterocycles. The Morgan fingerprint density at radius 3 is 2.00 bits per heavy atom. The first-order valence-electron chi connectivity index (χ1n) is 6.12. The van der Waals surface area contributed by atoms with E-state index in [1.807, 2.05) is 0 Å². The van der Waals surface area contributed by atoms with E-state index in [1.165, 1.54) is 19.3 Å². The predicted molar refractivity (Wildman–Crippen MR) is 70.5 cm³/mol. The third-order valence-electron chi connectivity index (χ3n) is 2.47. The van der Waals surface area contributed by atoms with Gasteiger partial charge in [-0.3, -0.25) is 4.79 Å². The maximum absolute atomic E-state index is 9.87. The molecule has 6 heteroatoms. The van der Waals surface area contributed by atoms with Crippen LogP contribution in [0.3, 0.4) is 0 Å². The van der Waals surface area contributed by atoms with Gasteiger partial charge in [0.25, 0.3) is 0 Å². The molecule has 0 saturated heterocycles. The van der Waals surface area contributed by atoms with E-state index in [1.54, 1.807) is 0 Å². The van der Waals surface area contributed by atoms with Crippen LogP contribution in [0.4, 0.5) is 0 Å². The first-order valence-corrected chi connectivity index (χ1v) is 6.12. The van der Waals surface area contributed by atoms with Crippen LogP contribution >= 0.6 is 0 Å². The monoisotopic (exact) mass is 284 g/mol. The maximum atomic E-state index is 9.87. The fraction of sp³-hybridized carbons (Fsp3) is 0.692. The number of rotatable bonds is 8. The second-order valence-electron chi connectivity index (χ2n) is 4.08. The van der Waals surface area contributed by atoms with Gasteiger partial charge in [-0.25, -0.2) is 4.79 Å². The molecule has 0 rings (SSSR count). The first-order chi connectivity index (χ1) is 8.38. The molecule has 1 atom stereocenters. The molecule has 1 unspecified atom stereocenters. The normalized spacial score (nSPS) is 10.5. The average Bonchev–Trinajstić information content (AvgIpc) is 2.30. The Bertz CT molecular complexity index is 267. The molecule has 3 N–H and O–H groups in total. The van der Waals surface area contributed by atoms with Crippen molar-refractivity contribution in [2.75, 3.05) is 6.61 Å². The van der Waals surface area contributed by atoms with E-state index >= 15 is 0 Å². The molecule has 0 aliphatic rings. The molecule has 0 radical (unpaired) electrons. The molecule has 108 valence electrons. The van der Waals surface area contributed by atoms with Gasteiger partial charge >= 0.3 is 41.5 Å². The maximum Gasteiger partial charge on any atom is 1.00 e. The second kappa shape index (κ2) is 15.7. The zero-order valence-corrected chi connectivity index (χ0v) is 14.2. The standard InChI is InChI=1S/C8H18O.C5H6O4.Na.H/c1-3-5-6-8(4-2)7-9;1-3(5(8)9)2-4(6)7;;/h8-9H,3-7H2,1-2H3;1-2H2,(H,6,7)(H,8,9);;/q;;+1;-1. The summed E-state index contributed by atoms with van der Waals surface area (Å²) in [5.41, 5.74) is -0.303. The molecule has 0 saturated carbocycles. The molecule has 19 heavy (non-hydrogen) atoms. The van der Waals surface area contributed by atoms with Gasteiger partial charge in [0.05, 0.1) is 6.42 Å². The summed E-state index contributed by atoms with van der Waals surface area (Å²) in [6.07, 6.45) is 4.32. The molecule has 0 aliphatic carbocycles. The average molecular weight is 284 g/mol. The SMILES string of the molecule is C=C(CC(=O)O)C(=O)O.CCCCC(CC)CO.[H-].[Na+]. The minimum Gasteiger partial charge on any atom is -1.00 e. The van der Waals surface area contributed by atoms with Gasteiger partial charge in [-0.15, -0.1) is 0 Å². The topological polar surface area (TPSA) is 94.8 Å². The summed E-state index contributed by atoms with van der Waals surface area (Å²) in [6.45, 7) is 7.71. The molecule has 0 spiro atoms. The number of carboxylic acid groups (broad SMARTS) is 2. The first kappa shape index (κ1) is 23.7. The third kappa shape index (κ3) is 17.6. The summed E-state index contributed by atoms with van der Waals surface area (Å²) in [7, 11) is 0. The largest absolute Gasteiger partial charge is 1.00 e. The van der Waals surface area contributed by atoms with Crippen molar-refractivity contribution in [2.24, 2.45) is 5.92 Å². The Morgan fingerprint density at radius 2 is 1.79 bits per heavy atom. The van der Waals surface area contributed by atoms with Crippen LogP contribution in [-0.4, -0.2) is 33.9 Å². The van der Waals surface area contributed by atoms with Crippen molar-refractivity contribution in [2.45, 2.75) is 46.0 Å². The van der Waals surface area contributed by atoms with E-state index in [4.69, 9.17) is 15.3 Å². The fourth-order valence-electron chi connectivity index (χ4n) is 1.18. The number of carbonyl (C=O) groups is 2. The minimum atomic E-state index is -1.27. The molecule has 0 fully saturated rings. The van der Waals surface area contributed by atoms with Crippen molar-refractivity contribution in [3.8, 4) is 0 Å². The predicted octanol–water partition coefficient (Wildman–Crippen LogP) is -0.586. The van der Waals surface area contributed by atoms with Gasteiger partial charge < -0.3 is 16.7 Å². The summed E-state index contributed by atoms with van der Waals surface area (Å²) in [5, 5.41) is 24.8. The van der Waals surface area contributed by atoms with Crippen LogP contribution in [0, 0.1) is 5.92 Å². The van der Waals surface area contributed by atoms with E-state index in [0.717, 1.165) is 6.42 Å².